The van der Waals surface area contributed by atoms with Crippen molar-refractivity contribution in [3.05, 3.63) is 28.2 Å². The van der Waals surface area contributed by atoms with Crippen LogP contribution in [0.2, 0.25) is 0 Å². The summed E-state index contributed by atoms with van der Waals surface area (Å²) >= 11 is 3.44. The monoisotopic (exact) mass is 256 g/mol. The molecule has 1 rings (SSSR count). The van der Waals surface area contributed by atoms with E-state index >= 15 is 0 Å². The van der Waals surface area contributed by atoms with Crippen molar-refractivity contribution in [2.75, 3.05) is 6.61 Å². The van der Waals surface area contributed by atoms with Crippen LogP contribution >= 0.6 is 15.9 Å². The number of benzene rings is 1. The molecular formula is C11H13BrO2. The zero-order valence-electron chi connectivity index (χ0n) is 8.29. The van der Waals surface area contributed by atoms with Crippen LogP contribution in [0, 0.1) is 0 Å². The van der Waals surface area contributed by atoms with E-state index in [-0.39, 0.29) is 5.92 Å². The van der Waals surface area contributed by atoms with E-state index < -0.39 is 0 Å². The number of aldehydes is 1. The summed E-state index contributed by atoms with van der Waals surface area (Å²) in [5, 5.41) is 0. The van der Waals surface area contributed by atoms with Gasteiger partial charge < -0.3 is 9.53 Å². The molecule has 2 nitrogen and oxygen atoms in total. The third kappa shape index (κ3) is 2.35. The van der Waals surface area contributed by atoms with Gasteiger partial charge in [0.05, 0.1) is 11.1 Å². The van der Waals surface area contributed by atoms with Gasteiger partial charge in [0, 0.05) is 5.92 Å². The number of hydrogen-bond donors (Lipinski definition) is 0. The van der Waals surface area contributed by atoms with Crippen molar-refractivity contribution >= 4 is 22.2 Å². The van der Waals surface area contributed by atoms with E-state index in [1.54, 1.807) is 0 Å². The second-order valence-electron chi connectivity index (χ2n) is 3.02. The maximum absolute atomic E-state index is 10.7. The molecule has 0 amide bonds. The smallest absolute Gasteiger partial charge is 0.133 e. The third-order valence-corrected chi connectivity index (χ3v) is 2.84. The average molecular weight is 257 g/mol. The molecule has 0 aromatic heterocycles. The van der Waals surface area contributed by atoms with Gasteiger partial charge in [-0.1, -0.05) is 19.1 Å². The van der Waals surface area contributed by atoms with Gasteiger partial charge in [-0.3, -0.25) is 0 Å². The van der Waals surface area contributed by atoms with Crippen molar-refractivity contribution < 1.29 is 9.53 Å². The molecular weight excluding hydrogens is 244 g/mol. The number of carbonyl (C=O) groups is 1. The van der Waals surface area contributed by atoms with Gasteiger partial charge in [-0.2, -0.15) is 0 Å². The van der Waals surface area contributed by atoms with Crippen molar-refractivity contribution in [1.29, 1.82) is 0 Å². The van der Waals surface area contributed by atoms with E-state index in [0.717, 1.165) is 22.1 Å². The summed E-state index contributed by atoms with van der Waals surface area (Å²) in [6, 6.07) is 5.70. The van der Waals surface area contributed by atoms with Crippen molar-refractivity contribution in [2.24, 2.45) is 0 Å². The van der Waals surface area contributed by atoms with Gasteiger partial charge >= 0.3 is 0 Å². The molecule has 0 spiro atoms. The number of hydrogen-bond acceptors (Lipinski definition) is 2. The highest BCUT2D eigenvalue weighted by Gasteiger charge is 2.11. The van der Waals surface area contributed by atoms with Crippen LogP contribution in [0.25, 0.3) is 0 Å². The summed E-state index contributed by atoms with van der Waals surface area (Å²) in [7, 11) is 0. The fourth-order valence-corrected chi connectivity index (χ4v) is 1.96. The summed E-state index contributed by atoms with van der Waals surface area (Å²) in [6.07, 6.45) is 0.926. The Morgan fingerprint density at radius 2 is 2.29 bits per heavy atom. The molecule has 0 aliphatic carbocycles. The molecule has 0 saturated carbocycles. The van der Waals surface area contributed by atoms with E-state index in [9.17, 15) is 4.79 Å². The quantitative estimate of drug-likeness (QED) is 0.774. The summed E-state index contributed by atoms with van der Waals surface area (Å²) in [4.78, 5) is 10.7. The average Bonchev–Trinajstić information content (AvgIpc) is 2.20. The maximum Gasteiger partial charge on any atom is 0.133 e. The van der Waals surface area contributed by atoms with Crippen LogP contribution in [0.3, 0.4) is 0 Å². The molecule has 3 heteroatoms. The van der Waals surface area contributed by atoms with Gasteiger partial charge in [-0.05, 0) is 34.5 Å². The van der Waals surface area contributed by atoms with Gasteiger partial charge in [-0.15, -0.1) is 0 Å². The minimum absolute atomic E-state index is 0.107. The first-order valence-electron chi connectivity index (χ1n) is 4.57. The highest BCUT2D eigenvalue weighted by atomic mass is 79.9. The lowest BCUT2D eigenvalue weighted by atomic mass is 10.0. The minimum Gasteiger partial charge on any atom is -0.493 e. The SMILES string of the molecule is CCOc1cccc(C(C)C=O)c1Br. The molecule has 0 aliphatic heterocycles. The van der Waals surface area contributed by atoms with Crippen molar-refractivity contribution in [3.8, 4) is 5.75 Å². The zero-order valence-corrected chi connectivity index (χ0v) is 9.87. The van der Waals surface area contributed by atoms with Crippen LogP contribution in [0.4, 0.5) is 0 Å². The van der Waals surface area contributed by atoms with E-state index in [0.29, 0.717) is 6.61 Å². The molecule has 0 radical (unpaired) electrons. The van der Waals surface area contributed by atoms with Crippen molar-refractivity contribution in [3.63, 3.8) is 0 Å². The van der Waals surface area contributed by atoms with Crippen LogP contribution < -0.4 is 4.74 Å². The Morgan fingerprint density at radius 3 is 2.86 bits per heavy atom. The van der Waals surface area contributed by atoms with Gasteiger partial charge in [0.15, 0.2) is 0 Å². The summed E-state index contributed by atoms with van der Waals surface area (Å²) in [5.41, 5.74) is 0.964. The summed E-state index contributed by atoms with van der Waals surface area (Å²) in [5.74, 6) is 0.684. The van der Waals surface area contributed by atoms with Gasteiger partial charge in [0.1, 0.15) is 12.0 Å². The lowest BCUT2D eigenvalue weighted by Gasteiger charge is -2.11. The van der Waals surface area contributed by atoms with Crippen LogP contribution in [0.5, 0.6) is 5.75 Å². The molecule has 1 aromatic rings. The van der Waals surface area contributed by atoms with E-state index in [2.05, 4.69) is 15.9 Å². The Morgan fingerprint density at radius 1 is 1.57 bits per heavy atom. The van der Waals surface area contributed by atoms with E-state index in [1.165, 1.54) is 0 Å². The maximum atomic E-state index is 10.7. The molecule has 0 aliphatic rings. The highest BCUT2D eigenvalue weighted by molar-refractivity contribution is 9.10. The first-order chi connectivity index (χ1) is 6.70. The molecule has 14 heavy (non-hydrogen) atoms. The first-order valence-corrected chi connectivity index (χ1v) is 5.36. The Kier molecular flexibility index (Phi) is 4.14. The Hall–Kier alpha value is -0.830. The molecule has 1 atom stereocenters. The predicted molar refractivity (Wildman–Crippen MR) is 59.8 cm³/mol. The summed E-state index contributed by atoms with van der Waals surface area (Å²) < 4.78 is 6.29. The molecule has 0 N–H and O–H groups in total. The topological polar surface area (TPSA) is 26.3 Å². The van der Waals surface area contributed by atoms with Gasteiger partial charge in [0.25, 0.3) is 0 Å². The molecule has 0 bridgehead atoms. The highest BCUT2D eigenvalue weighted by Crippen LogP contribution is 2.32. The number of rotatable bonds is 4. The standard InChI is InChI=1S/C11H13BrO2/c1-3-14-10-6-4-5-9(11(10)12)8(2)7-13/h4-8H,3H2,1-2H3. The Balaban J connectivity index is 3.06. The molecule has 1 aromatic carbocycles. The number of ether oxygens (including phenoxy) is 1. The van der Waals surface area contributed by atoms with E-state index in [4.69, 9.17) is 4.74 Å². The minimum atomic E-state index is -0.107. The fraction of sp³-hybridized carbons (Fsp3) is 0.364. The molecule has 0 saturated heterocycles. The van der Waals surface area contributed by atoms with Gasteiger partial charge in [-0.25, -0.2) is 0 Å². The fourth-order valence-electron chi connectivity index (χ4n) is 1.22. The molecule has 0 fully saturated rings. The van der Waals surface area contributed by atoms with Crippen LogP contribution in [-0.4, -0.2) is 12.9 Å². The molecule has 76 valence electrons. The van der Waals surface area contributed by atoms with Gasteiger partial charge in [0.2, 0.25) is 0 Å². The second kappa shape index (κ2) is 5.15. The van der Waals surface area contributed by atoms with E-state index in [1.807, 2.05) is 32.0 Å². The second-order valence-corrected chi connectivity index (χ2v) is 3.81. The van der Waals surface area contributed by atoms with Crippen LogP contribution in [-0.2, 0) is 4.79 Å². The predicted octanol–water partition coefficient (Wildman–Crippen LogP) is 3.15. The van der Waals surface area contributed by atoms with Crippen molar-refractivity contribution in [1.82, 2.24) is 0 Å². The summed E-state index contributed by atoms with van der Waals surface area (Å²) in [6.45, 7) is 4.42. The Labute approximate surface area is 92.4 Å². The Bertz CT molecular complexity index is 323. The number of carbonyl (C=O) groups excluding carboxylic acids is 1. The third-order valence-electron chi connectivity index (χ3n) is 1.99. The molecule has 1 unspecified atom stereocenters. The number of halogens is 1. The van der Waals surface area contributed by atoms with Crippen LogP contribution in [0.15, 0.2) is 22.7 Å². The molecule has 0 heterocycles. The first kappa shape index (κ1) is 11.2. The zero-order chi connectivity index (χ0) is 10.6. The van der Waals surface area contributed by atoms with Crippen molar-refractivity contribution in [2.45, 2.75) is 19.8 Å². The lowest BCUT2D eigenvalue weighted by molar-refractivity contribution is -0.108. The normalized spacial score (nSPS) is 12.2. The van der Waals surface area contributed by atoms with Crippen LogP contribution in [0.1, 0.15) is 25.3 Å². The largest absolute Gasteiger partial charge is 0.493 e. The lowest BCUT2D eigenvalue weighted by Crippen LogP contribution is -1.99.